The Morgan fingerprint density at radius 3 is 2.40 bits per heavy atom. The van der Waals surface area contributed by atoms with Crippen molar-refractivity contribution < 1.29 is 0 Å². The highest BCUT2D eigenvalue weighted by atomic mass is 14.6. The highest BCUT2D eigenvalue weighted by Crippen LogP contribution is 1.99. The molecule has 0 fully saturated rings. The summed E-state index contributed by atoms with van der Waals surface area (Å²) in [6.45, 7) is 9.03. The van der Waals surface area contributed by atoms with Crippen molar-refractivity contribution in [3.63, 3.8) is 0 Å². The van der Waals surface area contributed by atoms with Crippen LogP contribution < -0.4 is 5.73 Å². The zero-order chi connectivity index (χ0) is 7.98. The lowest BCUT2D eigenvalue weighted by Gasteiger charge is -1.94. The minimum atomic E-state index is 0.731. The molecule has 0 saturated heterocycles. The molecule has 2 N–H and O–H groups in total. The van der Waals surface area contributed by atoms with E-state index in [0.29, 0.717) is 0 Å². The molecule has 0 rings (SSSR count). The molecule has 54 valence electrons. The molecule has 0 unspecified atom stereocenters. The maximum Gasteiger partial charge on any atom is 0.0343 e. The van der Waals surface area contributed by atoms with Crippen molar-refractivity contribution in [2.24, 2.45) is 5.73 Å². The lowest BCUT2D eigenvalue weighted by Crippen LogP contribution is -1.94. The van der Waals surface area contributed by atoms with Crippen LogP contribution in [0.1, 0.15) is 6.92 Å². The van der Waals surface area contributed by atoms with Gasteiger partial charge in [-0.25, -0.2) is 0 Å². The van der Waals surface area contributed by atoms with Crippen LogP contribution in [0, 0.1) is 0 Å². The SMILES string of the molecule is C=C/C=C\C(N)=C(\C)C=C. The van der Waals surface area contributed by atoms with Crippen LogP contribution in [0.3, 0.4) is 0 Å². The Labute approximate surface area is 62.2 Å². The van der Waals surface area contributed by atoms with Gasteiger partial charge >= 0.3 is 0 Å². The van der Waals surface area contributed by atoms with Gasteiger partial charge < -0.3 is 5.73 Å². The van der Waals surface area contributed by atoms with Gasteiger partial charge in [-0.3, -0.25) is 0 Å². The topological polar surface area (TPSA) is 26.0 Å². The summed E-state index contributed by atoms with van der Waals surface area (Å²) in [6.07, 6.45) is 7.00. The van der Waals surface area contributed by atoms with Gasteiger partial charge in [0.2, 0.25) is 0 Å². The minimum Gasteiger partial charge on any atom is -0.399 e. The normalized spacial score (nSPS) is 12.9. The highest BCUT2D eigenvalue weighted by Gasteiger charge is 1.84. The molecule has 0 amide bonds. The van der Waals surface area contributed by atoms with Crippen LogP contribution in [0.4, 0.5) is 0 Å². The smallest absolute Gasteiger partial charge is 0.0343 e. The number of rotatable bonds is 3. The summed E-state index contributed by atoms with van der Waals surface area (Å²) in [5, 5.41) is 0. The van der Waals surface area contributed by atoms with E-state index >= 15 is 0 Å². The molecule has 0 aromatic heterocycles. The van der Waals surface area contributed by atoms with Gasteiger partial charge in [0, 0.05) is 5.70 Å². The number of hydrogen-bond acceptors (Lipinski definition) is 1. The fourth-order valence-corrected chi connectivity index (χ4v) is 0.421. The van der Waals surface area contributed by atoms with E-state index in [4.69, 9.17) is 5.73 Å². The first-order valence-corrected chi connectivity index (χ1v) is 3.10. The van der Waals surface area contributed by atoms with Crippen LogP contribution in [-0.2, 0) is 0 Å². The predicted octanol–water partition coefficient (Wildman–Crippen LogP) is 2.15. The molecule has 0 aromatic rings. The molecule has 1 heteroatoms. The van der Waals surface area contributed by atoms with E-state index in [0.717, 1.165) is 11.3 Å². The van der Waals surface area contributed by atoms with Crippen molar-refractivity contribution in [1.29, 1.82) is 0 Å². The first kappa shape index (κ1) is 8.76. The lowest BCUT2D eigenvalue weighted by atomic mass is 10.2. The van der Waals surface area contributed by atoms with E-state index in [-0.39, 0.29) is 0 Å². The zero-order valence-electron chi connectivity index (χ0n) is 6.30. The Morgan fingerprint density at radius 1 is 1.40 bits per heavy atom. The fourth-order valence-electron chi connectivity index (χ4n) is 0.421. The van der Waals surface area contributed by atoms with Crippen LogP contribution in [0.25, 0.3) is 0 Å². The first-order valence-electron chi connectivity index (χ1n) is 3.10. The lowest BCUT2D eigenvalue weighted by molar-refractivity contribution is 1.32. The van der Waals surface area contributed by atoms with Crippen molar-refractivity contribution in [2.75, 3.05) is 0 Å². The first-order chi connectivity index (χ1) is 4.72. The summed E-state index contributed by atoms with van der Waals surface area (Å²) in [7, 11) is 0. The molecule has 0 aliphatic carbocycles. The molecular formula is C9H13N. The summed E-state index contributed by atoms with van der Waals surface area (Å²) < 4.78 is 0. The number of nitrogens with two attached hydrogens (primary N) is 1. The molecule has 0 radical (unpaired) electrons. The monoisotopic (exact) mass is 135 g/mol. The van der Waals surface area contributed by atoms with Gasteiger partial charge in [0.1, 0.15) is 0 Å². The van der Waals surface area contributed by atoms with Gasteiger partial charge in [0.05, 0.1) is 0 Å². The molecule has 0 saturated carbocycles. The van der Waals surface area contributed by atoms with Crippen LogP contribution in [0.5, 0.6) is 0 Å². The molecule has 0 aliphatic rings. The van der Waals surface area contributed by atoms with Gasteiger partial charge in [-0.15, -0.1) is 0 Å². The average Bonchev–Trinajstić information content (AvgIpc) is 1.98. The molecule has 1 nitrogen and oxygen atoms in total. The molecule has 0 atom stereocenters. The third-order valence-corrected chi connectivity index (χ3v) is 1.17. The van der Waals surface area contributed by atoms with E-state index in [9.17, 15) is 0 Å². The Hall–Kier alpha value is -1.24. The van der Waals surface area contributed by atoms with E-state index < -0.39 is 0 Å². The van der Waals surface area contributed by atoms with Crippen LogP contribution in [-0.4, -0.2) is 0 Å². The fraction of sp³-hybridized carbons (Fsp3) is 0.111. The van der Waals surface area contributed by atoms with E-state index in [1.165, 1.54) is 0 Å². The molecular weight excluding hydrogens is 122 g/mol. The van der Waals surface area contributed by atoms with Gasteiger partial charge in [0.25, 0.3) is 0 Å². The van der Waals surface area contributed by atoms with Crippen molar-refractivity contribution in [1.82, 2.24) is 0 Å². The zero-order valence-corrected chi connectivity index (χ0v) is 6.30. The second-order valence-electron chi connectivity index (χ2n) is 1.94. The molecule has 0 aromatic carbocycles. The third-order valence-electron chi connectivity index (χ3n) is 1.17. The summed E-state index contributed by atoms with van der Waals surface area (Å²) in [5.41, 5.74) is 7.30. The minimum absolute atomic E-state index is 0.731. The molecule has 0 aliphatic heterocycles. The quantitative estimate of drug-likeness (QED) is 0.589. The van der Waals surface area contributed by atoms with Gasteiger partial charge in [-0.05, 0) is 18.6 Å². The molecule has 0 bridgehead atoms. The van der Waals surface area contributed by atoms with E-state index in [1.807, 2.05) is 6.92 Å². The summed E-state index contributed by atoms with van der Waals surface area (Å²) in [6, 6.07) is 0. The maximum atomic E-state index is 5.59. The van der Waals surface area contributed by atoms with Crippen molar-refractivity contribution in [3.8, 4) is 0 Å². The van der Waals surface area contributed by atoms with Crippen molar-refractivity contribution in [2.45, 2.75) is 6.92 Å². The van der Waals surface area contributed by atoms with Crippen molar-refractivity contribution >= 4 is 0 Å². The highest BCUT2D eigenvalue weighted by molar-refractivity contribution is 5.29. The second kappa shape index (κ2) is 4.62. The second-order valence-corrected chi connectivity index (χ2v) is 1.94. The predicted molar refractivity (Wildman–Crippen MR) is 46.4 cm³/mol. The van der Waals surface area contributed by atoms with Crippen molar-refractivity contribution in [3.05, 3.63) is 48.7 Å². The Kier molecular flexibility index (Phi) is 4.05. The maximum absolute atomic E-state index is 5.59. The van der Waals surface area contributed by atoms with E-state index in [1.54, 1.807) is 24.3 Å². The number of hydrogen-bond donors (Lipinski definition) is 1. The summed E-state index contributed by atoms with van der Waals surface area (Å²) >= 11 is 0. The largest absolute Gasteiger partial charge is 0.399 e. The van der Waals surface area contributed by atoms with Gasteiger partial charge in [-0.2, -0.15) is 0 Å². The Balaban J connectivity index is 4.31. The Morgan fingerprint density at radius 2 is 2.00 bits per heavy atom. The molecule has 10 heavy (non-hydrogen) atoms. The molecule has 0 heterocycles. The summed E-state index contributed by atoms with van der Waals surface area (Å²) in [4.78, 5) is 0. The standard InChI is InChI=1S/C9H13N/c1-4-6-7-9(10)8(3)5-2/h4-7H,1-2,10H2,3H3/b7-6-,9-8+. The molecule has 0 spiro atoms. The average molecular weight is 135 g/mol. The van der Waals surface area contributed by atoms with Crippen LogP contribution in [0.2, 0.25) is 0 Å². The van der Waals surface area contributed by atoms with Gasteiger partial charge in [-0.1, -0.05) is 31.4 Å². The van der Waals surface area contributed by atoms with E-state index in [2.05, 4.69) is 13.2 Å². The third kappa shape index (κ3) is 2.92. The van der Waals surface area contributed by atoms with Crippen LogP contribution >= 0.6 is 0 Å². The van der Waals surface area contributed by atoms with Crippen LogP contribution in [0.15, 0.2) is 48.7 Å². The summed E-state index contributed by atoms with van der Waals surface area (Å²) in [5.74, 6) is 0. The Bertz CT molecular complexity index is 185. The number of allylic oxidation sites excluding steroid dienone is 5. The van der Waals surface area contributed by atoms with Gasteiger partial charge in [0.15, 0.2) is 0 Å².